The lowest BCUT2D eigenvalue weighted by atomic mass is 10.2. The van der Waals surface area contributed by atoms with Gasteiger partial charge in [0.15, 0.2) is 9.84 Å². The fourth-order valence-electron chi connectivity index (χ4n) is 1.28. The Morgan fingerprint density at radius 1 is 1.40 bits per heavy atom. The Bertz CT molecular complexity index is 437. The Morgan fingerprint density at radius 3 is 2.53 bits per heavy atom. The first-order valence-electron chi connectivity index (χ1n) is 4.49. The van der Waals surface area contributed by atoms with Crippen LogP contribution in [-0.2, 0) is 9.84 Å². The van der Waals surface area contributed by atoms with Crippen LogP contribution in [0.15, 0.2) is 23.1 Å². The van der Waals surface area contributed by atoms with Crippen LogP contribution in [0.25, 0.3) is 0 Å². The van der Waals surface area contributed by atoms with Gasteiger partial charge in [-0.25, -0.2) is 8.42 Å². The van der Waals surface area contributed by atoms with E-state index >= 15 is 0 Å². The highest BCUT2D eigenvalue weighted by Crippen LogP contribution is 2.21. The number of ether oxygens (including phenoxy) is 1. The van der Waals surface area contributed by atoms with Crippen LogP contribution in [0.3, 0.4) is 0 Å². The molecule has 0 bridgehead atoms. The minimum Gasteiger partial charge on any atom is -0.496 e. The molecule has 0 heterocycles. The Labute approximate surface area is 89.4 Å². The first kappa shape index (κ1) is 12.0. The molecule has 0 saturated carbocycles. The number of sulfone groups is 1. The van der Waals surface area contributed by atoms with E-state index in [2.05, 4.69) is 0 Å². The van der Waals surface area contributed by atoms with E-state index in [1.807, 2.05) is 0 Å². The highest BCUT2D eigenvalue weighted by molar-refractivity contribution is 7.91. The summed E-state index contributed by atoms with van der Waals surface area (Å²) in [6.45, 7) is 1.41. The fourth-order valence-corrected chi connectivity index (χ4v) is 2.39. The van der Waals surface area contributed by atoms with Gasteiger partial charge in [0.05, 0.1) is 24.4 Å². The summed E-state index contributed by atoms with van der Waals surface area (Å²) in [5, 5.41) is 8.63. The van der Waals surface area contributed by atoms with Gasteiger partial charge < -0.3 is 9.84 Å². The molecule has 0 amide bonds. The van der Waals surface area contributed by atoms with Crippen molar-refractivity contribution in [3.63, 3.8) is 0 Å². The molecule has 0 spiro atoms. The highest BCUT2D eigenvalue weighted by atomic mass is 32.2. The van der Waals surface area contributed by atoms with Crippen LogP contribution >= 0.6 is 0 Å². The largest absolute Gasteiger partial charge is 0.496 e. The summed E-state index contributed by atoms with van der Waals surface area (Å²) >= 11 is 0. The second kappa shape index (κ2) is 4.63. The standard InChI is InChI=1S/C10H14O4S/c1-8-7-9(3-4-10(8)14-2)15(12,13)6-5-11/h3-4,7,11H,5-6H2,1-2H3. The highest BCUT2D eigenvalue weighted by Gasteiger charge is 2.14. The van der Waals surface area contributed by atoms with Gasteiger partial charge in [0.1, 0.15) is 5.75 Å². The smallest absolute Gasteiger partial charge is 0.180 e. The summed E-state index contributed by atoms with van der Waals surface area (Å²) in [5.41, 5.74) is 0.761. The van der Waals surface area contributed by atoms with Gasteiger partial charge in [-0.2, -0.15) is 0 Å². The lowest BCUT2D eigenvalue weighted by Gasteiger charge is -2.07. The average molecular weight is 230 g/mol. The summed E-state index contributed by atoms with van der Waals surface area (Å²) < 4.78 is 28.2. The van der Waals surface area contributed by atoms with Crippen molar-refractivity contribution in [1.82, 2.24) is 0 Å². The van der Waals surface area contributed by atoms with Gasteiger partial charge in [-0.15, -0.1) is 0 Å². The zero-order chi connectivity index (χ0) is 11.5. The summed E-state index contributed by atoms with van der Waals surface area (Å²) in [6.07, 6.45) is 0. The van der Waals surface area contributed by atoms with Gasteiger partial charge in [-0.05, 0) is 30.7 Å². The molecule has 0 aliphatic carbocycles. The van der Waals surface area contributed by atoms with Crippen molar-refractivity contribution < 1.29 is 18.3 Å². The zero-order valence-corrected chi connectivity index (χ0v) is 9.54. The molecule has 0 aliphatic heterocycles. The number of hydrogen-bond acceptors (Lipinski definition) is 4. The van der Waals surface area contributed by atoms with E-state index in [-0.39, 0.29) is 17.3 Å². The van der Waals surface area contributed by atoms with Crippen LogP contribution in [0.5, 0.6) is 5.75 Å². The predicted octanol–water partition coefficient (Wildman–Crippen LogP) is 0.770. The van der Waals surface area contributed by atoms with E-state index in [0.717, 1.165) is 5.56 Å². The first-order valence-corrected chi connectivity index (χ1v) is 6.15. The van der Waals surface area contributed by atoms with Gasteiger partial charge in [-0.1, -0.05) is 0 Å². The van der Waals surface area contributed by atoms with Crippen LogP contribution in [-0.4, -0.2) is 33.0 Å². The van der Waals surface area contributed by atoms with Crippen LogP contribution in [0, 0.1) is 6.92 Å². The maximum absolute atomic E-state index is 11.6. The normalized spacial score (nSPS) is 11.4. The lowest BCUT2D eigenvalue weighted by Crippen LogP contribution is -2.10. The van der Waals surface area contributed by atoms with E-state index in [1.54, 1.807) is 19.1 Å². The molecular formula is C10H14O4S. The molecule has 0 aromatic heterocycles. The summed E-state index contributed by atoms with van der Waals surface area (Å²) in [5.74, 6) is 0.400. The summed E-state index contributed by atoms with van der Waals surface area (Å²) in [6, 6.07) is 4.64. The molecule has 15 heavy (non-hydrogen) atoms. The molecule has 84 valence electrons. The second-order valence-corrected chi connectivity index (χ2v) is 5.28. The third-order valence-electron chi connectivity index (χ3n) is 2.09. The number of hydrogen-bond donors (Lipinski definition) is 1. The van der Waals surface area contributed by atoms with E-state index in [0.29, 0.717) is 5.75 Å². The molecule has 5 heteroatoms. The molecule has 0 aliphatic rings. The van der Waals surface area contributed by atoms with E-state index < -0.39 is 9.84 Å². The maximum Gasteiger partial charge on any atom is 0.180 e. The third-order valence-corrected chi connectivity index (χ3v) is 3.78. The molecule has 0 saturated heterocycles. The lowest BCUT2D eigenvalue weighted by molar-refractivity contribution is 0.319. The molecule has 1 rings (SSSR count). The third kappa shape index (κ3) is 2.70. The van der Waals surface area contributed by atoms with Crippen molar-refractivity contribution in [3.8, 4) is 5.75 Å². The maximum atomic E-state index is 11.6. The van der Waals surface area contributed by atoms with Crippen molar-refractivity contribution >= 4 is 9.84 Å². The van der Waals surface area contributed by atoms with Gasteiger partial charge in [-0.3, -0.25) is 0 Å². The van der Waals surface area contributed by atoms with Gasteiger partial charge >= 0.3 is 0 Å². The number of aliphatic hydroxyl groups is 1. The van der Waals surface area contributed by atoms with Crippen LogP contribution in [0.2, 0.25) is 0 Å². The molecule has 1 aromatic carbocycles. The minimum atomic E-state index is -3.36. The first-order chi connectivity index (χ1) is 7.01. The number of methoxy groups -OCH3 is 1. The molecular weight excluding hydrogens is 216 g/mol. The molecule has 1 aromatic rings. The van der Waals surface area contributed by atoms with Gasteiger partial charge in [0.2, 0.25) is 0 Å². The number of benzene rings is 1. The second-order valence-electron chi connectivity index (χ2n) is 3.17. The van der Waals surface area contributed by atoms with Gasteiger partial charge in [0, 0.05) is 0 Å². The SMILES string of the molecule is COc1ccc(S(=O)(=O)CCO)cc1C. The molecule has 0 radical (unpaired) electrons. The average Bonchev–Trinajstić information content (AvgIpc) is 2.17. The Hall–Kier alpha value is -1.07. The Kier molecular flexibility index (Phi) is 3.71. The molecule has 4 nitrogen and oxygen atoms in total. The van der Waals surface area contributed by atoms with E-state index in [4.69, 9.17) is 9.84 Å². The Morgan fingerprint density at radius 2 is 2.07 bits per heavy atom. The van der Waals surface area contributed by atoms with Crippen molar-refractivity contribution in [3.05, 3.63) is 23.8 Å². The van der Waals surface area contributed by atoms with Crippen LogP contribution < -0.4 is 4.74 Å². The van der Waals surface area contributed by atoms with Gasteiger partial charge in [0.25, 0.3) is 0 Å². The molecule has 1 N–H and O–H groups in total. The van der Waals surface area contributed by atoms with Crippen LogP contribution in [0.4, 0.5) is 0 Å². The van der Waals surface area contributed by atoms with Crippen molar-refractivity contribution in [1.29, 1.82) is 0 Å². The number of rotatable bonds is 4. The number of aryl methyl sites for hydroxylation is 1. The number of aliphatic hydroxyl groups excluding tert-OH is 1. The van der Waals surface area contributed by atoms with E-state index in [1.165, 1.54) is 13.2 Å². The van der Waals surface area contributed by atoms with Crippen LogP contribution in [0.1, 0.15) is 5.56 Å². The van der Waals surface area contributed by atoms with Crippen molar-refractivity contribution in [2.24, 2.45) is 0 Å². The quantitative estimate of drug-likeness (QED) is 0.829. The summed E-state index contributed by atoms with van der Waals surface area (Å²) in [7, 11) is -1.83. The fraction of sp³-hybridized carbons (Fsp3) is 0.400. The van der Waals surface area contributed by atoms with Crippen molar-refractivity contribution in [2.75, 3.05) is 19.5 Å². The zero-order valence-electron chi connectivity index (χ0n) is 8.73. The Balaban J connectivity index is 3.13. The summed E-state index contributed by atoms with van der Waals surface area (Å²) in [4.78, 5) is 0.217. The molecule has 0 atom stereocenters. The monoisotopic (exact) mass is 230 g/mol. The van der Waals surface area contributed by atoms with Crippen molar-refractivity contribution in [2.45, 2.75) is 11.8 Å². The molecule has 0 fully saturated rings. The minimum absolute atomic E-state index is 0.217. The molecule has 0 unspecified atom stereocenters. The predicted molar refractivity (Wildman–Crippen MR) is 56.9 cm³/mol. The topological polar surface area (TPSA) is 63.6 Å². The van der Waals surface area contributed by atoms with E-state index in [9.17, 15) is 8.42 Å².